The van der Waals surface area contributed by atoms with E-state index < -0.39 is 0 Å². The highest BCUT2D eigenvalue weighted by Crippen LogP contribution is 2.20. The Bertz CT molecular complexity index is 408. The molecule has 1 unspecified atom stereocenters. The van der Waals surface area contributed by atoms with E-state index in [1.807, 2.05) is 0 Å². The van der Waals surface area contributed by atoms with Gasteiger partial charge in [-0.2, -0.15) is 0 Å². The van der Waals surface area contributed by atoms with Crippen LogP contribution in [0.15, 0.2) is 6.33 Å². The standard InChI is InChI=1S/C16H31N5/c1-6-9-17-15-14(8-3)16(20-12-19-15)18-10-11-21(5)13(4)7-2/h12-13H,6-11H2,1-5H3,(H2,17,18,19,20). The lowest BCUT2D eigenvalue weighted by molar-refractivity contribution is 0.261. The van der Waals surface area contributed by atoms with E-state index in [4.69, 9.17) is 0 Å². The summed E-state index contributed by atoms with van der Waals surface area (Å²) in [6.07, 6.45) is 4.83. The molecule has 0 fully saturated rings. The van der Waals surface area contributed by atoms with Crippen LogP contribution < -0.4 is 10.6 Å². The topological polar surface area (TPSA) is 53.1 Å². The average molecular weight is 293 g/mol. The molecule has 0 spiro atoms. The van der Waals surface area contributed by atoms with Gasteiger partial charge in [-0.15, -0.1) is 0 Å². The number of hydrogen-bond donors (Lipinski definition) is 2. The summed E-state index contributed by atoms with van der Waals surface area (Å²) < 4.78 is 0. The molecule has 5 nitrogen and oxygen atoms in total. The predicted molar refractivity (Wildman–Crippen MR) is 91.1 cm³/mol. The first-order chi connectivity index (χ1) is 10.1. The van der Waals surface area contributed by atoms with Crippen molar-refractivity contribution in [2.75, 3.05) is 37.3 Å². The van der Waals surface area contributed by atoms with Gasteiger partial charge < -0.3 is 15.5 Å². The lowest BCUT2D eigenvalue weighted by atomic mass is 10.2. The third-order valence-corrected chi connectivity index (χ3v) is 3.94. The lowest BCUT2D eigenvalue weighted by Gasteiger charge is -2.24. The van der Waals surface area contributed by atoms with Gasteiger partial charge in [0.2, 0.25) is 0 Å². The van der Waals surface area contributed by atoms with Crippen molar-refractivity contribution in [3.05, 3.63) is 11.9 Å². The smallest absolute Gasteiger partial charge is 0.134 e. The zero-order valence-corrected chi connectivity index (χ0v) is 14.2. The van der Waals surface area contributed by atoms with Crippen LogP contribution in [-0.2, 0) is 6.42 Å². The molecule has 2 N–H and O–H groups in total. The predicted octanol–water partition coefficient (Wildman–Crippen LogP) is 3.00. The molecule has 0 aliphatic rings. The number of nitrogens with zero attached hydrogens (tertiary/aromatic N) is 3. The van der Waals surface area contributed by atoms with Gasteiger partial charge in [0.15, 0.2) is 0 Å². The Balaban J connectivity index is 2.62. The zero-order valence-electron chi connectivity index (χ0n) is 14.2. The molecule has 0 saturated carbocycles. The molecule has 1 atom stereocenters. The third kappa shape index (κ3) is 5.50. The first-order valence-corrected chi connectivity index (χ1v) is 8.15. The summed E-state index contributed by atoms with van der Waals surface area (Å²) in [5.41, 5.74) is 1.18. The van der Waals surface area contributed by atoms with E-state index in [0.29, 0.717) is 6.04 Å². The van der Waals surface area contributed by atoms with Crippen molar-refractivity contribution in [2.45, 2.75) is 53.0 Å². The largest absolute Gasteiger partial charge is 0.370 e. The number of likely N-dealkylation sites (N-methyl/N-ethyl adjacent to an activating group) is 1. The van der Waals surface area contributed by atoms with Crippen molar-refractivity contribution < 1.29 is 0 Å². The molecule has 0 radical (unpaired) electrons. The molecule has 1 aromatic rings. The normalized spacial score (nSPS) is 12.5. The van der Waals surface area contributed by atoms with Gasteiger partial charge in [-0.3, -0.25) is 0 Å². The maximum atomic E-state index is 4.40. The fraction of sp³-hybridized carbons (Fsp3) is 0.750. The van der Waals surface area contributed by atoms with Crippen molar-refractivity contribution in [1.29, 1.82) is 0 Å². The Morgan fingerprint density at radius 3 is 2.24 bits per heavy atom. The third-order valence-electron chi connectivity index (χ3n) is 3.94. The summed E-state index contributed by atoms with van der Waals surface area (Å²) in [4.78, 5) is 11.1. The van der Waals surface area contributed by atoms with Crippen molar-refractivity contribution in [3.63, 3.8) is 0 Å². The van der Waals surface area contributed by atoms with E-state index in [-0.39, 0.29) is 0 Å². The number of aromatic nitrogens is 2. The van der Waals surface area contributed by atoms with E-state index >= 15 is 0 Å². The molecule has 0 amide bonds. The van der Waals surface area contributed by atoms with Crippen molar-refractivity contribution >= 4 is 11.6 Å². The second-order valence-electron chi connectivity index (χ2n) is 5.49. The number of anilines is 2. The average Bonchev–Trinajstić information content (AvgIpc) is 2.51. The molecule has 0 bridgehead atoms. The second kappa shape index (κ2) is 9.55. The van der Waals surface area contributed by atoms with Crippen LogP contribution in [0, 0.1) is 0 Å². The van der Waals surface area contributed by atoms with E-state index in [2.05, 4.69) is 60.2 Å². The Kier molecular flexibility index (Phi) is 8.05. The quantitative estimate of drug-likeness (QED) is 0.694. The summed E-state index contributed by atoms with van der Waals surface area (Å²) in [6.45, 7) is 11.6. The van der Waals surface area contributed by atoms with Gasteiger partial charge >= 0.3 is 0 Å². The highest BCUT2D eigenvalue weighted by Gasteiger charge is 2.10. The first kappa shape index (κ1) is 17.7. The van der Waals surface area contributed by atoms with Gasteiger partial charge in [0.25, 0.3) is 0 Å². The van der Waals surface area contributed by atoms with Gasteiger partial charge in [-0.25, -0.2) is 9.97 Å². The molecule has 5 heteroatoms. The Morgan fingerprint density at radius 1 is 1.10 bits per heavy atom. The summed E-state index contributed by atoms with van der Waals surface area (Å²) >= 11 is 0. The summed E-state index contributed by atoms with van der Waals surface area (Å²) in [5, 5.41) is 6.84. The summed E-state index contributed by atoms with van der Waals surface area (Å²) in [5.74, 6) is 1.93. The summed E-state index contributed by atoms with van der Waals surface area (Å²) in [6, 6.07) is 0.615. The van der Waals surface area contributed by atoms with Crippen LogP contribution in [0.4, 0.5) is 11.6 Å². The minimum atomic E-state index is 0.615. The minimum Gasteiger partial charge on any atom is -0.370 e. The molecular weight excluding hydrogens is 262 g/mol. The van der Waals surface area contributed by atoms with Crippen LogP contribution in [-0.4, -0.2) is 47.6 Å². The molecule has 0 saturated heterocycles. The van der Waals surface area contributed by atoms with Gasteiger partial charge in [-0.05, 0) is 33.2 Å². The maximum Gasteiger partial charge on any atom is 0.134 e. The van der Waals surface area contributed by atoms with E-state index in [0.717, 1.165) is 44.1 Å². The van der Waals surface area contributed by atoms with Crippen LogP contribution in [0.2, 0.25) is 0 Å². The van der Waals surface area contributed by atoms with Gasteiger partial charge in [-0.1, -0.05) is 20.8 Å². The van der Waals surface area contributed by atoms with Crippen LogP contribution in [0.5, 0.6) is 0 Å². The molecule has 1 aromatic heterocycles. The maximum absolute atomic E-state index is 4.40. The fourth-order valence-electron chi connectivity index (χ4n) is 2.18. The van der Waals surface area contributed by atoms with E-state index in [1.54, 1.807) is 6.33 Å². The van der Waals surface area contributed by atoms with Crippen molar-refractivity contribution in [1.82, 2.24) is 14.9 Å². The number of rotatable bonds is 10. The van der Waals surface area contributed by atoms with Gasteiger partial charge in [0, 0.05) is 31.2 Å². The van der Waals surface area contributed by atoms with E-state index in [9.17, 15) is 0 Å². The highest BCUT2D eigenvalue weighted by atomic mass is 15.1. The fourth-order valence-corrected chi connectivity index (χ4v) is 2.18. The number of nitrogens with one attached hydrogen (secondary N) is 2. The van der Waals surface area contributed by atoms with Gasteiger partial charge in [0.05, 0.1) is 0 Å². The Morgan fingerprint density at radius 2 is 1.71 bits per heavy atom. The Hall–Kier alpha value is -1.36. The molecule has 1 rings (SSSR count). The SMILES string of the molecule is CCCNc1ncnc(NCCN(C)C(C)CC)c1CC. The van der Waals surface area contributed by atoms with Crippen LogP contribution in [0.1, 0.15) is 46.1 Å². The van der Waals surface area contributed by atoms with Gasteiger partial charge in [0.1, 0.15) is 18.0 Å². The van der Waals surface area contributed by atoms with Crippen molar-refractivity contribution in [2.24, 2.45) is 0 Å². The molecule has 0 aliphatic carbocycles. The summed E-state index contributed by atoms with van der Waals surface area (Å²) in [7, 11) is 2.17. The zero-order chi connectivity index (χ0) is 15.7. The highest BCUT2D eigenvalue weighted by molar-refractivity contribution is 5.57. The van der Waals surface area contributed by atoms with E-state index in [1.165, 1.54) is 12.0 Å². The number of hydrogen-bond acceptors (Lipinski definition) is 5. The van der Waals surface area contributed by atoms with Crippen LogP contribution in [0.25, 0.3) is 0 Å². The monoisotopic (exact) mass is 293 g/mol. The molecule has 120 valence electrons. The van der Waals surface area contributed by atoms with Crippen LogP contribution >= 0.6 is 0 Å². The minimum absolute atomic E-state index is 0.615. The first-order valence-electron chi connectivity index (χ1n) is 8.15. The lowest BCUT2D eigenvalue weighted by Crippen LogP contribution is -2.33. The second-order valence-corrected chi connectivity index (χ2v) is 5.49. The van der Waals surface area contributed by atoms with Crippen molar-refractivity contribution in [3.8, 4) is 0 Å². The molecule has 1 heterocycles. The molecular formula is C16H31N5. The Labute approximate surface area is 129 Å². The van der Waals surface area contributed by atoms with Crippen LogP contribution in [0.3, 0.4) is 0 Å². The molecule has 0 aliphatic heterocycles. The molecule has 21 heavy (non-hydrogen) atoms. The molecule has 0 aromatic carbocycles.